The van der Waals surface area contributed by atoms with Crippen LogP contribution in [0.4, 0.5) is 4.39 Å². The van der Waals surface area contributed by atoms with Gasteiger partial charge in [-0.05, 0) is 42.0 Å². The van der Waals surface area contributed by atoms with Gasteiger partial charge in [0.2, 0.25) is 0 Å². The Morgan fingerprint density at radius 3 is 2.23 bits per heavy atom. The molecule has 0 unspecified atom stereocenters. The van der Waals surface area contributed by atoms with Gasteiger partial charge in [0, 0.05) is 23.9 Å². The van der Waals surface area contributed by atoms with E-state index in [1.807, 2.05) is 12.1 Å². The average Bonchev–Trinajstić information content (AvgIpc) is 3.25. The van der Waals surface area contributed by atoms with Gasteiger partial charge in [-0.1, -0.05) is 0 Å². The van der Waals surface area contributed by atoms with Gasteiger partial charge in [-0.2, -0.15) is 10.5 Å². The third-order valence-electron chi connectivity index (χ3n) is 4.05. The van der Waals surface area contributed by atoms with Crippen LogP contribution in [0.2, 0.25) is 0 Å². The number of ketones is 1. The van der Waals surface area contributed by atoms with E-state index >= 15 is 0 Å². The Hall–Kier alpha value is -3.05. The number of nitrogens with zero attached hydrogens (tertiary/aromatic N) is 3. The lowest BCUT2D eigenvalue weighted by Crippen LogP contribution is -2.08. The smallest absolute Gasteiger partial charge is 0.169 e. The first-order chi connectivity index (χ1) is 10.6. The number of aromatic nitrogens is 1. The highest BCUT2D eigenvalue weighted by molar-refractivity contribution is 6.02. The Bertz CT molecular complexity index is 789. The molecule has 5 heteroatoms. The van der Waals surface area contributed by atoms with E-state index in [1.54, 1.807) is 24.5 Å². The van der Waals surface area contributed by atoms with Crippen molar-refractivity contribution in [3.63, 3.8) is 0 Å². The van der Waals surface area contributed by atoms with E-state index in [4.69, 9.17) is 0 Å². The van der Waals surface area contributed by atoms with Gasteiger partial charge in [0.05, 0.1) is 18.1 Å². The number of carbonyl (C=O) groups excluding carboxylic acids is 1. The number of hydrogen-bond donors (Lipinski definition) is 0. The summed E-state index contributed by atoms with van der Waals surface area (Å²) in [5.74, 6) is -1.98. The highest BCUT2D eigenvalue weighted by Crippen LogP contribution is 2.65. The van der Waals surface area contributed by atoms with Gasteiger partial charge in [0.15, 0.2) is 11.2 Å². The molecule has 1 aromatic heterocycles. The minimum absolute atomic E-state index is 0.304. The van der Waals surface area contributed by atoms with E-state index in [0.717, 1.165) is 5.56 Å². The lowest BCUT2D eigenvalue weighted by Gasteiger charge is -2.00. The molecule has 1 heterocycles. The van der Waals surface area contributed by atoms with Crippen LogP contribution in [0.3, 0.4) is 0 Å². The maximum atomic E-state index is 13.0. The fraction of sp³-hybridized carbons (Fsp3) is 0.176. The van der Waals surface area contributed by atoms with Crippen molar-refractivity contribution in [1.29, 1.82) is 10.5 Å². The molecule has 0 amide bonds. The third-order valence-corrected chi connectivity index (χ3v) is 4.05. The topological polar surface area (TPSA) is 77.5 Å². The second-order valence-electron chi connectivity index (χ2n) is 5.20. The van der Waals surface area contributed by atoms with Crippen molar-refractivity contribution < 1.29 is 9.18 Å². The molecule has 106 valence electrons. The van der Waals surface area contributed by atoms with Crippen LogP contribution in [0.15, 0.2) is 48.8 Å². The predicted octanol–water partition coefficient (Wildman–Crippen LogP) is 2.85. The number of nitriles is 2. The third kappa shape index (κ3) is 1.96. The fourth-order valence-electron chi connectivity index (χ4n) is 2.87. The summed E-state index contributed by atoms with van der Waals surface area (Å²) in [5, 5.41) is 18.8. The zero-order valence-corrected chi connectivity index (χ0v) is 11.4. The van der Waals surface area contributed by atoms with Crippen LogP contribution in [0, 0.1) is 39.8 Å². The van der Waals surface area contributed by atoms with Gasteiger partial charge in [0.1, 0.15) is 5.82 Å². The monoisotopic (exact) mass is 291 g/mol. The molecule has 2 aromatic rings. The first-order valence-electron chi connectivity index (χ1n) is 6.66. The largest absolute Gasteiger partial charge is 0.294 e. The number of benzene rings is 1. The molecule has 0 N–H and O–H groups in total. The maximum Gasteiger partial charge on any atom is 0.169 e. The summed E-state index contributed by atoms with van der Waals surface area (Å²) >= 11 is 0. The van der Waals surface area contributed by atoms with Crippen molar-refractivity contribution in [2.45, 2.75) is 5.92 Å². The molecule has 2 atom stereocenters. The van der Waals surface area contributed by atoms with E-state index in [2.05, 4.69) is 4.98 Å². The van der Waals surface area contributed by atoms with Gasteiger partial charge in [0.25, 0.3) is 0 Å². The number of carbonyl (C=O) groups is 1. The Morgan fingerprint density at radius 1 is 1.09 bits per heavy atom. The standard InChI is InChI=1S/C17H10FN3O/c18-13-3-1-12(2-4-13)16(22)15-14(17(15,9-19)10-20)11-5-7-21-8-6-11/h1-8,14-15H/t14-,15+/m1/s1. The molecule has 3 rings (SSSR count). The molecule has 4 nitrogen and oxygen atoms in total. The van der Waals surface area contributed by atoms with Crippen molar-refractivity contribution >= 4 is 5.78 Å². The predicted molar refractivity (Wildman–Crippen MR) is 74.9 cm³/mol. The Morgan fingerprint density at radius 2 is 1.68 bits per heavy atom. The molecule has 22 heavy (non-hydrogen) atoms. The van der Waals surface area contributed by atoms with E-state index in [0.29, 0.717) is 5.56 Å². The molecular formula is C17H10FN3O. The lowest BCUT2D eigenvalue weighted by molar-refractivity contribution is 0.0958. The molecule has 1 aliphatic rings. The van der Waals surface area contributed by atoms with Crippen molar-refractivity contribution in [2.75, 3.05) is 0 Å². The van der Waals surface area contributed by atoms with Gasteiger partial charge in [-0.25, -0.2) is 4.39 Å². The van der Waals surface area contributed by atoms with Crippen LogP contribution < -0.4 is 0 Å². The quantitative estimate of drug-likeness (QED) is 0.815. The number of halogens is 1. The number of pyridine rings is 1. The SMILES string of the molecule is N#CC1(C#N)[C@H](C(=O)c2ccc(F)cc2)[C@H]1c1ccncc1. The number of hydrogen-bond acceptors (Lipinski definition) is 4. The van der Waals surface area contributed by atoms with Crippen LogP contribution in [-0.2, 0) is 0 Å². The summed E-state index contributed by atoms with van der Waals surface area (Å²) in [6.45, 7) is 0. The molecular weight excluding hydrogens is 281 g/mol. The van der Waals surface area contributed by atoms with Crippen LogP contribution in [0.5, 0.6) is 0 Å². The Labute approximate surface area is 126 Å². The van der Waals surface area contributed by atoms with E-state index in [-0.39, 0.29) is 5.78 Å². The molecule has 0 radical (unpaired) electrons. The molecule has 1 saturated carbocycles. The minimum Gasteiger partial charge on any atom is -0.294 e. The summed E-state index contributed by atoms with van der Waals surface area (Å²) in [7, 11) is 0. The zero-order valence-electron chi connectivity index (χ0n) is 11.4. The lowest BCUT2D eigenvalue weighted by atomic mass is 10.0. The Balaban J connectivity index is 1.99. The first kappa shape index (κ1) is 13.9. The molecule has 1 fully saturated rings. The van der Waals surface area contributed by atoms with E-state index in [9.17, 15) is 19.7 Å². The molecule has 1 aliphatic carbocycles. The van der Waals surface area contributed by atoms with Gasteiger partial charge in [-0.15, -0.1) is 0 Å². The van der Waals surface area contributed by atoms with Crippen molar-refractivity contribution in [2.24, 2.45) is 11.3 Å². The van der Waals surface area contributed by atoms with Gasteiger partial charge >= 0.3 is 0 Å². The van der Waals surface area contributed by atoms with E-state index < -0.39 is 23.1 Å². The van der Waals surface area contributed by atoms with E-state index in [1.165, 1.54) is 24.3 Å². The van der Waals surface area contributed by atoms with Crippen LogP contribution >= 0.6 is 0 Å². The maximum absolute atomic E-state index is 13.0. The average molecular weight is 291 g/mol. The fourth-order valence-corrected chi connectivity index (χ4v) is 2.87. The van der Waals surface area contributed by atoms with Gasteiger partial charge < -0.3 is 0 Å². The van der Waals surface area contributed by atoms with Crippen LogP contribution in [0.25, 0.3) is 0 Å². The highest BCUT2D eigenvalue weighted by Gasteiger charge is 2.70. The molecule has 0 aliphatic heterocycles. The number of Topliss-reactive ketones (excluding diaryl/α,β-unsaturated/α-hetero) is 1. The van der Waals surface area contributed by atoms with Crippen LogP contribution in [-0.4, -0.2) is 10.8 Å². The summed E-state index contributed by atoms with van der Waals surface area (Å²) < 4.78 is 13.0. The molecule has 1 aromatic carbocycles. The second kappa shape index (κ2) is 5.05. The summed E-state index contributed by atoms with van der Waals surface area (Å²) in [6, 6.07) is 12.5. The summed E-state index contributed by atoms with van der Waals surface area (Å²) in [5.41, 5.74) is -0.330. The minimum atomic E-state index is -1.37. The normalized spacial score (nSPS) is 21.4. The molecule has 0 bridgehead atoms. The second-order valence-corrected chi connectivity index (χ2v) is 5.20. The molecule has 0 saturated heterocycles. The molecule has 0 spiro atoms. The van der Waals surface area contributed by atoms with Crippen LogP contribution in [0.1, 0.15) is 21.8 Å². The van der Waals surface area contributed by atoms with Crippen molar-refractivity contribution in [3.05, 3.63) is 65.7 Å². The first-order valence-corrected chi connectivity index (χ1v) is 6.66. The van der Waals surface area contributed by atoms with Crippen molar-refractivity contribution in [1.82, 2.24) is 4.98 Å². The van der Waals surface area contributed by atoms with Gasteiger partial charge in [-0.3, -0.25) is 9.78 Å². The highest BCUT2D eigenvalue weighted by atomic mass is 19.1. The van der Waals surface area contributed by atoms with Crippen molar-refractivity contribution in [3.8, 4) is 12.1 Å². The summed E-state index contributed by atoms with van der Waals surface area (Å²) in [4.78, 5) is 16.5. The summed E-state index contributed by atoms with van der Waals surface area (Å²) in [6.07, 6.45) is 3.12. The zero-order chi connectivity index (χ0) is 15.7. The number of rotatable bonds is 3. The Kier molecular flexibility index (Phi) is 3.19.